The van der Waals surface area contributed by atoms with Crippen LogP contribution in [0.15, 0.2) is 0 Å². The standard InChI is InChI=1S/C11H18N2O/c1-10(2,3)13-9(14)11(8-12)6-4-5-7-11/h4-7H2,1-3H3,(H,13,14). The van der Waals surface area contributed by atoms with Crippen molar-refractivity contribution in [2.75, 3.05) is 0 Å². The highest BCUT2D eigenvalue weighted by Crippen LogP contribution is 2.37. The smallest absolute Gasteiger partial charge is 0.240 e. The Kier molecular flexibility index (Phi) is 2.84. The van der Waals surface area contributed by atoms with Gasteiger partial charge in [-0.05, 0) is 33.6 Å². The fourth-order valence-corrected chi connectivity index (χ4v) is 1.83. The molecule has 0 radical (unpaired) electrons. The molecule has 78 valence electrons. The maximum Gasteiger partial charge on any atom is 0.240 e. The Labute approximate surface area is 85.5 Å². The molecule has 1 aliphatic carbocycles. The van der Waals surface area contributed by atoms with Crippen LogP contribution in [-0.4, -0.2) is 11.4 Å². The van der Waals surface area contributed by atoms with E-state index < -0.39 is 5.41 Å². The van der Waals surface area contributed by atoms with Crippen molar-refractivity contribution >= 4 is 5.91 Å². The molecule has 0 heterocycles. The van der Waals surface area contributed by atoms with E-state index in [4.69, 9.17) is 5.26 Å². The summed E-state index contributed by atoms with van der Waals surface area (Å²) in [6.07, 6.45) is 3.41. The van der Waals surface area contributed by atoms with Crippen LogP contribution in [0.5, 0.6) is 0 Å². The fourth-order valence-electron chi connectivity index (χ4n) is 1.83. The molecule has 0 aromatic carbocycles. The third-order valence-corrected chi connectivity index (χ3v) is 2.59. The number of carbonyl (C=O) groups is 1. The summed E-state index contributed by atoms with van der Waals surface area (Å²) < 4.78 is 0. The van der Waals surface area contributed by atoms with Crippen molar-refractivity contribution in [1.82, 2.24) is 5.32 Å². The van der Waals surface area contributed by atoms with Gasteiger partial charge in [0.1, 0.15) is 5.41 Å². The number of nitrogens with one attached hydrogen (secondary N) is 1. The third-order valence-electron chi connectivity index (χ3n) is 2.59. The van der Waals surface area contributed by atoms with Gasteiger partial charge in [-0.25, -0.2) is 0 Å². The molecule has 0 aromatic rings. The summed E-state index contributed by atoms with van der Waals surface area (Å²) in [5.74, 6) is -0.0926. The third kappa shape index (κ3) is 2.25. The first-order valence-electron chi connectivity index (χ1n) is 5.13. The molecule has 1 N–H and O–H groups in total. The van der Waals surface area contributed by atoms with Crippen molar-refractivity contribution in [3.63, 3.8) is 0 Å². The SMILES string of the molecule is CC(C)(C)NC(=O)C1(C#N)CCCC1. The lowest BCUT2D eigenvalue weighted by Gasteiger charge is -2.27. The van der Waals surface area contributed by atoms with Crippen LogP contribution < -0.4 is 5.32 Å². The van der Waals surface area contributed by atoms with Gasteiger partial charge in [0.15, 0.2) is 0 Å². The van der Waals surface area contributed by atoms with Crippen molar-refractivity contribution < 1.29 is 4.79 Å². The summed E-state index contributed by atoms with van der Waals surface area (Å²) >= 11 is 0. The van der Waals surface area contributed by atoms with Gasteiger partial charge in [-0.3, -0.25) is 4.79 Å². The van der Waals surface area contributed by atoms with Gasteiger partial charge in [-0.2, -0.15) is 5.26 Å². The molecule has 3 heteroatoms. The quantitative estimate of drug-likeness (QED) is 0.694. The maximum absolute atomic E-state index is 11.9. The monoisotopic (exact) mass is 194 g/mol. The Bertz CT molecular complexity index is 264. The zero-order chi connectivity index (χ0) is 10.8. The predicted molar refractivity (Wildman–Crippen MR) is 54.4 cm³/mol. The summed E-state index contributed by atoms with van der Waals surface area (Å²) in [4.78, 5) is 11.9. The van der Waals surface area contributed by atoms with E-state index in [0.29, 0.717) is 12.8 Å². The number of nitriles is 1. The molecule has 0 saturated heterocycles. The van der Waals surface area contributed by atoms with Crippen molar-refractivity contribution in [1.29, 1.82) is 5.26 Å². The minimum Gasteiger partial charge on any atom is -0.350 e. The summed E-state index contributed by atoms with van der Waals surface area (Å²) in [6.45, 7) is 5.81. The van der Waals surface area contributed by atoms with Crippen LogP contribution in [0.1, 0.15) is 46.5 Å². The van der Waals surface area contributed by atoms with Crippen LogP contribution in [0.25, 0.3) is 0 Å². The van der Waals surface area contributed by atoms with Crippen LogP contribution in [0, 0.1) is 16.7 Å². The summed E-state index contributed by atoms with van der Waals surface area (Å²) in [5.41, 5.74) is -0.989. The van der Waals surface area contributed by atoms with Gasteiger partial charge in [0, 0.05) is 5.54 Å². The summed E-state index contributed by atoms with van der Waals surface area (Å²) in [7, 11) is 0. The zero-order valence-corrected chi connectivity index (χ0v) is 9.18. The highest BCUT2D eigenvalue weighted by molar-refractivity contribution is 5.86. The second-order valence-electron chi connectivity index (χ2n) is 5.11. The van der Waals surface area contributed by atoms with E-state index in [1.165, 1.54) is 0 Å². The van der Waals surface area contributed by atoms with Crippen molar-refractivity contribution in [2.24, 2.45) is 5.41 Å². The lowest BCUT2D eigenvalue weighted by atomic mass is 9.86. The number of nitrogens with zero attached hydrogens (tertiary/aromatic N) is 1. The normalized spacial score (nSPS) is 20.1. The Balaban J connectivity index is 2.72. The number of hydrogen-bond donors (Lipinski definition) is 1. The average molecular weight is 194 g/mol. The predicted octanol–water partition coefficient (Wildman–Crippen LogP) is 1.99. The van der Waals surface area contributed by atoms with Crippen LogP contribution in [0.4, 0.5) is 0 Å². The Morgan fingerprint density at radius 1 is 1.36 bits per heavy atom. The van der Waals surface area contributed by atoms with Gasteiger partial charge in [-0.1, -0.05) is 12.8 Å². The van der Waals surface area contributed by atoms with Crippen LogP contribution in [-0.2, 0) is 4.79 Å². The topological polar surface area (TPSA) is 52.9 Å². The first-order chi connectivity index (χ1) is 6.40. The maximum atomic E-state index is 11.9. The number of rotatable bonds is 1. The molecule has 1 saturated carbocycles. The average Bonchev–Trinajstić information content (AvgIpc) is 2.49. The largest absolute Gasteiger partial charge is 0.350 e. The lowest BCUT2D eigenvalue weighted by Crippen LogP contribution is -2.47. The zero-order valence-electron chi connectivity index (χ0n) is 9.18. The minimum absolute atomic E-state index is 0.0926. The molecule has 1 aliphatic rings. The summed E-state index contributed by atoms with van der Waals surface area (Å²) in [6, 6.07) is 2.19. The van der Waals surface area contributed by atoms with Gasteiger partial charge < -0.3 is 5.32 Å². The molecule has 1 fully saturated rings. The molecule has 1 rings (SSSR count). The molecule has 0 spiro atoms. The Morgan fingerprint density at radius 3 is 2.21 bits per heavy atom. The van der Waals surface area contributed by atoms with Gasteiger partial charge in [0.25, 0.3) is 0 Å². The van der Waals surface area contributed by atoms with Crippen LogP contribution in [0.2, 0.25) is 0 Å². The number of carbonyl (C=O) groups excluding carboxylic acids is 1. The molecule has 1 amide bonds. The summed E-state index contributed by atoms with van der Waals surface area (Å²) in [5, 5.41) is 12.0. The van der Waals surface area contributed by atoms with Gasteiger partial charge in [0.2, 0.25) is 5.91 Å². The minimum atomic E-state index is -0.743. The Hall–Kier alpha value is -1.04. The first-order valence-corrected chi connectivity index (χ1v) is 5.13. The van der Waals surface area contributed by atoms with Crippen LogP contribution >= 0.6 is 0 Å². The number of amides is 1. The van der Waals surface area contributed by atoms with Gasteiger partial charge in [-0.15, -0.1) is 0 Å². The Morgan fingerprint density at radius 2 is 1.86 bits per heavy atom. The van der Waals surface area contributed by atoms with Crippen molar-refractivity contribution in [3.05, 3.63) is 0 Å². The highest BCUT2D eigenvalue weighted by atomic mass is 16.2. The first kappa shape index (κ1) is 11.0. The fraction of sp³-hybridized carbons (Fsp3) is 0.818. The molecule has 0 aliphatic heterocycles. The van der Waals surface area contributed by atoms with Crippen molar-refractivity contribution in [2.45, 2.75) is 52.0 Å². The second-order valence-corrected chi connectivity index (χ2v) is 5.11. The molecule has 14 heavy (non-hydrogen) atoms. The van der Waals surface area contributed by atoms with Gasteiger partial charge in [0.05, 0.1) is 6.07 Å². The van der Waals surface area contributed by atoms with E-state index in [2.05, 4.69) is 11.4 Å². The van der Waals surface area contributed by atoms with E-state index >= 15 is 0 Å². The molecule has 0 aromatic heterocycles. The second kappa shape index (κ2) is 3.61. The molecular formula is C11H18N2O. The lowest BCUT2D eigenvalue weighted by molar-refractivity contribution is -0.129. The van der Waals surface area contributed by atoms with Gasteiger partial charge >= 0.3 is 0 Å². The van der Waals surface area contributed by atoms with Crippen LogP contribution in [0.3, 0.4) is 0 Å². The van der Waals surface area contributed by atoms with E-state index in [1.807, 2.05) is 20.8 Å². The van der Waals surface area contributed by atoms with Crippen molar-refractivity contribution in [3.8, 4) is 6.07 Å². The highest BCUT2D eigenvalue weighted by Gasteiger charge is 2.42. The van der Waals surface area contributed by atoms with E-state index in [-0.39, 0.29) is 11.4 Å². The van der Waals surface area contributed by atoms with E-state index in [1.54, 1.807) is 0 Å². The molecule has 0 unspecified atom stereocenters. The van der Waals surface area contributed by atoms with E-state index in [0.717, 1.165) is 12.8 Å². The molecule has 0 bridgehead atoms. The molecular weight excluding hydrogens is 176 g/mol. The van der Waals surface area contributed by atoms with E-state index in [9.17, 15) is 4.79 Å². The number of hydrogen-bond acceptors (Lipinski definition) is 2. The molecule has 0 atom stereocenters. The molecule has 3 nitrogen and oxygen atoms in total.